The van der Waals surface area contributed by atoms with E-state index < -0.39 is 17.9 Å². The molecule has 0 aliphatic rings. The third-order valence-corrected chi connectivity index (χ3v) is 3.09. The van der Waals surface area contributed by atoms with Crippen molar-refractivity contribution >= 4 is 17.4 Å². The fourth-order valence-corrected chi connectivity index (χ4v) is 1.72. The third-order valence-electron chi connectivity index (χ3n) is 3.09. The Morgan fingerprint density at radius 1 is 1.25 bits per heavy atom. The minimum absolute atomic E-state index is 0.0657. The number of esters is 1. The van der Waals surface area contributed by atoms with Crippen molar-refractivity contribution in [2.75, 3.05) is 19.0 Å². The Morgan fingerprint density at radius 2 is 1.85 bits per heavy atom. The van der Waals surface area contributed by atoms with Crippen LogP contribution in [-0.4, -0.2) is 31.5 Å². The molecule has 1 rings (SSSR count). The first-order valence-electron chi connectivity index (χ1n) is 6.57. The van der Waals surface area contributed by atoms with Crippen molar-refractivity contribution < 1.29 is 19.1 Å². The van der Waals surface area contributed by atoms with E-state index in [4.69, 9.17) is 9.47 Å². The molecule has 1 aromatic rings. The first-order valence-corrected chi connectivity index (χ1v) is 6.57. The minimum atomic E-state index is -0.694. The Kier molecular flexibility index (Phi) is 6.03. The number of methoxy groups -OCH3 is 1. The molecule has 1 aromatic carbocycles. The fourth-order valence-electron chi connectivity index (χ4n) is 1.72. The van der Waals surface area contributed by atoms with Gasteiger partial charge in [-0.15, -0.1) is 0 Å². The van der Waals surface area contributed by atoms with Gasteiger partial charge in [-0.05, 0) is 38.1 Å². The minimum Gasteiger partial charge on any atom is -0.497 e. The zero-order valence-corrected chi connectivity index (χ0v) is 12.3. The number of hydrogen-bond acceptors (Lipinski definition) is 5. The van der Waals surface area contributed by atoms with Crippen LogP contribution >= 0.6 is 0 Å². The smallest absolute Gasteiger partial charge is 0.329 e. The van der Waals surface area contributed by atoms with E-state index in [1.54, 1.807) is 45.2 Å². The topological polar surface area (TPSA) is 64.6 Å². The molecule has 0 amide bonds. The van der Waals surface area contributed by atoms with Crippen LogP contribution in [0.15, 0.2) is 24.3 Å². The van der Waals surface area contributed by atoms with Crippen LogP contribution in [0.5, 0.6) is 5.75 Å². The molecule has 0 unspecified atom stereocenters. The summed E-state index contributed by atoms with van der Waals surface area (Å²) in [6.45, 7) is 5.19. The molecule has 110 valence electrons. The standard InChI is InChI=1S/C15H21NO4/c1-5-20-15(18)14(10(2)11(3)17)16-12-6-8-13(19-4)9-7-12/h6-10,14,16H,5H2,1-4H3/t10-,14-/m1/s1. The van der Waals surface area contributed by atoms with Gasteiger partial charge >= 0.3 is 5.97 Å². The Hall–Kier alpha value is -2.04. The van der Waals surface area contributed by atoms with Gasteiger partial charge in [0.05, 0.1) is 13.7 Å². The summed E-state index contributed by atoms with van der Waals surface area (Å²) in [5, 5.41) is 3.05. The van der Waals surface area contributed by atoms with Crippen molar-refractivity contribution in [3.63, 3.8) is 0 Å². The van der Waals surface area contributed by atoms with E-state index in [2.05, 4.69) is 5.32 Å². The Balaban J connectivity index is 2.87. The van der Waals surface area contributed by atoms with Gasteiger partial charge in [0.25, 0.3) is 0 Å². The lowest BCUT2D eigenvalue weighted by Crippen LogP contribution is -2.40. The lowest BCUT2D eigenvalue weighted by atomic mass is 9.97. The molecule has 0 spiro atoms. The van der Waals surface area contributed by atoms with Crippen LogP contribution in [0.25, 0.3) is 0 Å². The van der Waals surface area contributed by atoms with Gasteiger partial charge in [0.15, 0.2) is 0 Å². The predicted molar refractivity (Wildman–Crippen MR) is 76.9 cm³/mol. The molecule has 2 atom stereocenters. The molecular weight excluding hydrogens is 258 g/mol. The number of benzene rings is 1. The van der Waals surface area contributed by atoms with Crippen LogP contribution in [0, 0.1) is 5.92 Å². The molecule has 5 heteroatoms. The van der Waals surface area contributed by atoms with Crippen LogP contribution < -0.4 is 10.1 Å². The number of Topliss-reactive ketones (excluding diaryl/α,β-unsaturated/α-hetero) is 1. The first kappa shape index (κ1) is 16.0. The van der Waals surface area contributed by atoms with E-state index in [0.717, 1.165) is 11.4 Å². The Labute approximate surface area is 119 Å². The summed E-state index contributed by atoms with van der Waals surface area (Å²) in [7, 11) is 1.58. The highest BCUT2D eigenvalue weighted by molar-refractivity contribution is 5.89. The van der Waals surface area contributed by atoms with Crippen molar-refractivity contribution in [2.24, 2.45) is 5.92 Å². The van der Waals surface area contributed by atoms with Gasteiger partial charge in [0.2, 0.25) is 0 Å². The molecule has 20 heavy (non-hydrogen) atoms. The molecule has 0 fully saturated rings. The first-order chi connectivity index (χ1) is 9.49. The third kappa shape index (κ3) is 4.26. The Bertz CT molecular complexity index is 455. The van der Waals surface area contributed by atoms with Crippen molar-refractivity contribution in [1.29, 1.82) is 0 Å². The number of ether oxygens (including phenoxy) is 2. The lowest BCUT2D eigenvalue weighted by molar-refractivity contribution is -0.146. The number of carbonyl (C=O) groups is 2. The van der Waals surface area contributed by atoms with Crippen molar-refractivity contribution in [2.45, 2.75) is 26.8 Å². The van der Waals surface area contributed by atoms with Crippen LogP contribution in [0.3, 0.4) is 0 Å². The maximum atomic E-state index is 12.0. The highest BCUT2D eigenvalue weighted by atomic mass is 16.5. The van der Waals surface area contributed by atoms with Gasteiger partial charge in [-0.2, -0.15) is 0 Å². The van der Waals surface area contributed by atoms with Gasteiger partial charge in [-0.3, -0.25) is 4.79 Å². The summed E-state index contributed by atoms with van der Waals surface area (Å²) in [6.07, 6.45) is 0. The van der Waals surface area contributed by atoms with Gasteiger partial charge in [-0.1, -0.05) is 6.92 Å². The van der Waals surface area contributed by atoms with Crippen molar-refractivity contribution in [3.05, 3.63) is 24.3 Å². The largest absolute Gasteiger partial charge is 0.497 e. The maximum absolute atomic E-state index is 12.0. The van der Waals surface area contributed by atoms with Crippen molar-refractivity contribution in [1.82, 2.24) is 0 Å². The number of ketones is 1. The highest BCUT2D eigenvalue weighted by Crippen LogP contribution is 2.19. The van der Waals surface area contributed by atoms with E-state index in [-0.39, 0.29) is 12.4 Å². The van der Waals surface area contributed by atoms with E-state index in [0.29, 0.717) is 0 Å². The second kappa shape index (κ2) is 7.53. The summed E-state index contributed by atoms with van der Waals surface area (Å²) >= 11 is 0. The number of hydrogen-bond donors (Lipinski definition) is 1. The van der Waals surface area contributed by atoms with E-state index in [1.165, 1.54) is 6.92 Å². The van der Waals surface area contributed by atoms with Crippen LogP contribution in [0.1, 0.15) is 20.8 Å². The normalized spacial score (nSPS) is 13.2. The highest BCUT2D eigenvalue weighted by Gasteiger charge is 2.29. The average molecular weight is 279 g/mol. The number of nitrogens with one attached hydrogen (secondary N) is 1. The van der Waals surface area contributed by atoms with Gasteiger partial charge in [-0.25, -0.2) is 4.79 Å². The quantitative estimate of drug-likeness (QED) is 0.776. The van der Waals surface area contributed by atoms with Crippen LogP contribution in [0.2, 0.25) is 0 Å². The lowest BCUT2D eigenvalue weighted by Gasteiger charge is -2.22. The number of carbonyl (C=O) groups excluding carboxylic acids is 2. The Morgan fingerprint density at radius 3 is 2.30 bits per heavy atom. The molecule has 0 saturated carbocycles. The van der Waals surface area contributed by atoms with Gasteiger partial charge < -0.3 is 14.8 Å². The van der Waals surface area contributed by atoms with Crippen molar-refractivity contribution in [3.8, 4) is 5.75 Å². The molecule has 0 aliphatic carbocycles. The molecular formula is C15H21NO4. The molecule has 0 saturated heterocycles. The van der Waals surface area contributed by atoms with Crippen LogP contribution in [-0.2, 0) is 14.3 Å². The zero-order valence-electron chi connectivity index (χ0n) is 12.3. The van der Waals surface area contributed by atoms with E-state index in [1.807, 2.05) is 0 Å². The molecule has 5 nitrogen and oxygen atoms in total. The van der Waals surface area contributed by atoms with Crippen LogP contribution in [0.4, 0.5) is 5.69 Å². The molecule has 0 aromatic heterocycles. The molecule has 0 heterocycles. The zero-order chi connectivity index (χ0) is 15.1. The molecule has 1 N–H and O–H groups in total. The van der Waals surface area contributed by atoms with Gasteiger partial charge in [0, 0.05) is 11.6 Å². The van der Waals surface area contributed by atoms with Gasteiger partial charge in [0.1, 0.15) is 17.6 Å². The fraction of sp³-hybridized carbons (Fsp3) is 0.467. The van der Waals surface area contributed by atoms with E-state index in [9.17, 15) is 9.59 Å². The predicted octanol–water partition coefficient (Wildman–Crippen LogP) is 2.26. The number of rotatable bonds is 7. The maximum Gasteiger partial charge on any atom is 0.329 e. The summed E-state index contributed by atoms with van der Waals surface area (Å²) < 4.78 is 10.1. The summed E-state index contributed by atoms with van der Waals surface area (Å²) in [5.74, 6) is -0.228. The summed E-state index contributed by atoms with van der Waals surface area (Å²) in [6, 6.07) is 6.45. The second-order valence-corrected chi connectivity index (χ2v) is 4.50. The monoisotopic (exact) mass is 279 g/mol. The SMILES string of the molecule is CCOC(=O)[C@H](Nc1ccc(OC)cc1)[C@H](C)C(C)=O. The number of anilines is 1. The second-order valence-electron chi connectivity index (χ2n) is 4.50. The molecule has 0 aliphatic heterocycles. The molecule has 0 bridgehead atoms. The summed E-state index contributed by atoms with van der Waals surface area (Å²) in [4.78, 5) is 23.5. The molecule has 0 radical (unpaired) electrons. The van der Waals surface area contributed by atoms with E-state index >= 15 is 0 Å². The summed E-state index contributed by atoms with van der Waals surface area (Å²) in [5.41, 5.74) is 0.733. The average Bonchev–Trinajstić information content (AvgIpc) is 2.44.